The van der Waals surface area contributed by atoms with E-state index >= 15 is 0 Å². The Kier molecular flexibility index (Phi) is 6.46. The van der Waals surface area contributed by atoms with Crippen molar-refractivity contribution in [3.05, 3.63) is 86.6 Å². The van der Waals surface area contributed by atoms with Crippen molar-refractivity contribution in [2.24, 2.45) is 0 Å². The summed E-state index contributed by atoms with van der Waals surface area (Å²) in [5.41, 5.74) is 5.41. The zero-order chi connectivity index (χ0) is 22.7. The van der Waals surface area contributed by atoms with Crippen molar-refractivity contribution in [1.82, 2.24) is 14.9 Å². The highest BCUT2D eigenvalue weighted by molar-refractivity contribution is 7.07. The van der Waals surface area contributed by atoms with Gasteiger partial charge in [-0.25, -0.2) is 0 Å². The molecule has 0 spiro atoms. The van der Waals surface area contributed by atoms with Crippen LogP contribution in [0, 0.1) is 6.92 Å². The smallest absolute Gasteiger partial charge is 0.307 e. The number of hydrogen-bond donors (Lipinski definition) is 2. The Labute approximate surface area is 191 Å². The van der Waals surface area contributed by atoms with Crippen molar-refractivity contribution in [2.45, 2.75) is 25.8 Å². The van der Waals surface area contributed by atoms with Crippen LogP contribution in [0.4, 0.5) is 5.69 Å². The molecule has 2 aromatic carbocycles. The minimum atomic E-state index is -0.0581. The Morgan fingerprint density at radius 2 is 1.91 bits per heavy atom. The van der Waals surface area contributed by atoms with Crippen molar-refractivity contribution in [2.75, 3.05) is 25.5 Å². The second-order valence-electron chi connectivity index (χ2n) is 8.18. The molecule has 0 aliphatic carbocycles. The third kappa shape index (κ3) is 4.62. The molecule has 1 amide bonds. The third-order valence-electron chi connectivity index (χ3n) is 5.85. The van der Waals surface area contributed by atoms with Crippen LogP contribution < -0.4 is 15.1 Å². The number of thiazole rings is 1. The molecule has 0 aliphatic heterocycles. The van der Waals surface area contributed by atoms with Crippen molar-refractivity contribution in [3.63, 3.8) is 0 Å². The minimum absolute atomic E-state index is 0.0110. The minimum Gasteiger partial charge on any atom is -0.378 e. The number of fused-ring (bicyclic) bond motifs is 1. The fourth-order valence-electron chi connectivity index (χ4n) is 3.99. The fourth-order valence-corrected chi connectivity index (χ4v) is 4.75. The summed E-state index contributed by atoms with van der Waals surface area (Å²) in [5, 5.41) is 6.08. The maximum atomic E-state index is 12.6. The molecule has 0 fully saturated rings. The van der Waals surface area contributed by atoms with E-state index in [0.717, 1.165) is 33.4 Å². The predicted octanol–water partition coefficient (Wildman–Crippen LogP) is 4.10. The van der Waals surface area contributed by atoms with Crippen LogP contribution in [0.25, 0.3) is 10.9 Å². The number of nitrogens with zero attached hydrogens (tertiary/aromatic N) is 2. The van der Waals surface area contributed by atoms with Gasteiger partial charge in [-0.1, -0.05) is 41.7 Å². The Balaban J connectivity index is 1.54. The van der Waals surface area contributed by atoms with Gasteiger partial charge >= 0.3 is 4.87 Å². The van der Waals surface area contributed by atoms with Gasteiger partial charge in [0.1, 0.15) is 0 Å². The van der Waals surface area contributed by atoms with E-state index in [2.05, 4.69) is 51.6 Å². The van der Waals surface area contributed by atoms with E-state index < -0.39 is 0 Å². The SMILES string of the molecule is Cc1csc(=O)n1CCC(=O)NCC(c1ccc(N(C)C)cc1)c1c[nH]c2ccccc12. The van der Waals surface area contributed by atoms with Gasteiger partial charge in [0.15, 0.2) is 0 Å². The molecule has 6 nitrogen and oxygen atoms in total. The van der Waals surface area contributed by atoms with Crippen LogP contribution in [0.15, 0.2) is 64.9 Å². The summed E-state index contributed by atoms with van der Waals surface area (Å²) >= 11 is 1.17. The Morgan fingerprint density at radius 1 is 1.16 bits per heavy atom. The van der Waals surface area contributed by atoms with E-state index in [0.29, 0.717) is 13.1 Å². The zero-order valence-corrected chi connectivity index (χ0v) is 19.4. The van der Waals surface area contributed by atoms with Crippen LogP contribution >= 0.6 is 11.3 Å². The largest absolute Gasteiger partial charge is 0.378 e. The monoisotopic (exact) mass is 448 g/mol. The molecular formula is C25H28N4O2S. The van der Waals surface area contributed by atoms with Gasteiger partial charge in [0.05, 0.1) is 0 Å². The highest BCUT2D eigenvalue weighted by Crippen LogP contribution is 2.31. The van der Waals surface area contributed by atoms with Gasteiger partial charge in [-0.15, -0.1) is 0 Å². The highest BCUT2D eigenvalue weighted by Gasteiger charge is 2.19. The second-order valence-corrected chi connectivity index (χ2v) is 9.00. The molecule has 0 saturated heterocycles. The van der Waals surface area contributed by atoms with E-state index in [-0.39, 0.29) is 23.1 Å². The molecule has 0 saturated carbocycles. The van der Waals surface area contributed by atoms with Gasteiger partial charge in [0.2, 0.25) is 5.91 Å². The van der Waals surface area contributed by atoms with Crippen molar-refractivity contribution in [1.29, 1.82) is 0 Å². The van der Waals surface area contributed by atoms with Crippen molar-refractivity contribution in [3.8, 4) is 0 Å². The van der Waals surface area contributed by atoms with Crippen LogP contribution in [0.1, 0.15) is 29.2 Å². The first kappa shape index (κ1) is 21.9. The van der Waals surface area contributed by atoms with Gasteiger partial charge in [-0.05, 0) is 36.2 Å². The first-order chi connectivity index (χ1) is 15.4. The molecular weight excluding hydrogens is 420 g/mol. The topological polar surface area (TPSA) is 70.1 Å². The molecule has 0 aliphatic rings. The lowest BCUT2D eigenvalue weighted by Gasteiger charge is -2.20. The van der Waals surface area contributed by atoms with Crippen LogP contribution in [0.3, 0.4) is 0 Å². The summed E-state index contributed by atoms with van der Waals surface area (Å²) < 4.78 is 1.65. The molecule has 1 unspecified atom stereocenters. The van der Waals surface area contributed by atoms with E-state index in [9.17, 15) is 9.59 Å². The lowest BCUT2D eigenvalue weighted by Crippen LogP contribution is -2.30. The summed E-state index contributed by atoms with van der Waals surface area (Å²) in [5.74, 6) is -0.0471. The maximum Gasteiger partial charge on any atom is 0.307 e. The van der Waals surface area contributed by atoms with Gasteiger partial charge < -0.3 is 19.8 Å². The molecule has 2 N–H and O–H groups in total. The lowest BCUT2D eigenvalue weighted by molar-refractivity contribution is -0.121. The fraction of sp³-hybridized carbons (Fsp3) is 0.280. The highest BCUT2D eigenvalue weighted by atomic mass is 32.1. The summed E-state index contributed by atoms with van der Waals surface area (Å²) in [6.45, 7) is 2.77. The average molecular weight is 449 g/mol. The van der Waals surface area contributed by atoms with Crippen molar-refractivity contribution < 1.29 is 4.79 Å². The summed E-state index contributed by atoms with van der Waals surface area (Å²) in [4.78, 5) is 29.9. The number of carbonyl (C=O) groups excluding carboxylic acids is 1. The molecule has 2 heterocycles. The number of aromatic nitrogens is 2. The molecule has 1 atom stereocenters. The molecule has 7 heteroatoms. The Bertz CT molecular complexity index is 1270. The molecule has 0 bridgehead atoms. The van der Waals surface area contributed by atoms with E-state index in [1.54, 1.807) is 4.57 Å². The number of rotatable bonds is 8. The van der Waals surface area contributed by atoms with E-state index in [1.807, 2.05) is 44.7 Å². The van der Waals surface area contributed by atoms with Crippen LogP contribution in [-0.4, -0.2) is 36.1 Å². The second kappa shape index (κ2) is 9.44. The predicted molar refractivity (Wildman–Crippen MR) is 132 cm³/mol. The Hall–Kier alpha value is -3.32. The quantitative estimate of drug-likeness (QED) is 0.426. The molecule has 32 heavy (non-hydrogen) atoms. The molecule has 0 radical (unpaired) electrons. The van der Waals surface area contributed by atoms with Crippen LogP contribution in [0.5, 0.6) is 0 Å². The van der Waals surface area contributed by atoms with Crippen LogP contribution in [0.2, 0.25) is 0 Å². The first-order valence-electron chi connectivity index (χ1n) is 10.7. The number of H-pyrrole nitrogens is 1. The van der Waals surface area contributed by atoms with E-state index in [1.165, 1.54) is 11.3 Å². The average Bonchev–Trinajstić information content (AvgIpc) is 3.36. The van der Waals surface area contributed by atoms with E-state index in [4.69, 9.17) is 0 Å². The van der Waals surface area contributed by atoms with Crippen molar-refractivity contribution >= 4 is 33.8 Å². The number of anilines is 1. The van der Waals surface area contributed by atoms with Gasteiger partial charge in [0, 0.05) is 73.4 Å². The number of carbonyl (C=O) groups is 1. The molecule has 166 valence electrons. The number of aromatic amines is 1. The van der Waals surface area contributed by atoms with Gasteiger partial charge in [0.25, 0.3) is 0 Å². The zero-order valence-electron chi connectivity index (χ0n) is 18.6. The molecule has 4 rings (SSSR count). The number of benzene rings is 2. The van der Waals surface area contributed by atoms with Gasteiger partial charge in [-0.2, -0.15) is 0 Å². The summed E-state index contributed by atoms with van der Waals surface area (Å²) in [6.07, 6.45) is 2.31. The number of nitrogens with one attached hydrogen (secondary N) is 2. The number of amides is 1. The molecule has 2 aromatic heterocycles. The third-order valence-corrected chi connectivity index (χ3v) is 6.73. The number of hydrogen-bond acceptors (Lipinski definition) is 4. The number of para-hydroxylation sites is 1. The molecule has 4 aromatic rings. The number of aryl methyl sites for hydroxylation is 1. The van der Waals surface area contributed by atoms with Gasteiger partial charge in [-0.3, -0.25) is 9.59 Å². The summed E-state index contributed by atoms with van der Waals surface area (Å²) in [7, 11) is 4.04. The van der Waals surface area contributed by atoms with Crippen LogP contribution in [-0.2, 0) is 11.3 Å². The Morgan fingerprint density at radius 3 is 2.59 bits per heavy atom. The summed E-state index contributed by atoms with van der Waals surface area (Å²) in [6, 6.07) is 16.7. The normalized spacial score (nSPS) is 12.1. The first-order valence-corrected chi connectivity index (χ1v) is 11.6. The lowest BCUT2D eigenvalue weighted by atomic mass is 9.90. The standard InChI is InChI=1S/C25H28N4O2S/c1-17-16-32-25(31)29(17)13-12-24(30)27-14-21(18-8-10-19(11-9-18)28(2)3)22-15-26-23-7-5-4-6-20(22)23/h4-11,15-16,21,26H,12-14H2,1-3H3,(H,27,30). The maximum absolute atomic E-state index is 12.6.